The highest BCUT2D eigenvalue weighted by molar-refractivity contribution is 4.90. The zero-order chi connectivity index (χ0) is 9.42. The fourth-order valence-electron chi connectivity index (χ4n) is 2.79. The Morgan fingerprint density at radius 2 is 1.69 bits per heavy atom. The van der Waals surface area contributed by atoms with Crippen molar-refractivity contribution in [3.63, 3.8) is 0 Å². The van der Waals surface area contributed by atoms with Crippen LogP contribution in [-0.2, 0) is 0 Å². The van der Waals surface area contributed by atoms with Crippen LogP contribution < -0.4 is 0 Å². The largest absolute Gasteiger partial charge is 0.391 e. The van der Waals surface area contributed by atoms with E-state index >= 15 is 0 Å². The maximum absolute atomic E-state index is 9.78. The first-order valence-corrected chi connectivity index (χ1v) is 5.60. The first kappa shape index (κ1) is 9.47. The molecule has 0 spiro atoms. The normalized spacial score (nSPS) is 47.3. The van der Waals surface area contributed by atoms with Crippen molar-refractivity contribution < 1.29 is 5.11 Å². The summed E-state index contributed by atoms with van der Waals surface area (Å²) in [5.74, 6) is 1.63. The van der Waals surface area contributed by atoms with Crippen LogP contribution >= 0.6 is 0 Å². The monoisotopic (exact) mass is 183 g/mol. The molecule has 1 aliphatic carbocycles. The molecular weight excluding hydrogens is 162 g/mol. The Morgan fingerprint density at radius 3 is 2.15 bits per heavy atom. The van der Waals surface area contributed by atoms with Gasteiger partial charge in [-0.1, -0.05) is 13.8 Å². The van der Waals surface area contributed by atoms with Gasteiger partial charge in [0.25, 0.3) is 0 Å². The Balaban J connectivity index is 1.95. The van der Waals surface area contributed by atoms with Gasteiger partial charge in [-0.2, -0.15) is 0 Å². The molecule has 1 saturated heterocycles. The summed E-state index contributed by atoms with van der Waals surface area (Å²) in [7, 11) is 0. The van der Waals surface area contributed by atoms with Crippen LogP contribution in [0.2, 0.25) is 0 Å². The van der Waals surface area contributed by atoms with Crippen molar-refractivity contribution in [3.05, 3.63) is 0 Å². The second kappa shape index (κ2) is 3.58. The lowest BCUT2D eigenvalue weighted by molar-refractivity contribution is 0.0823. The molecule has 76 valence electrons. The Hall–Kier alpha value is -0.0800. The summed E-state index contributed by atoms with van der Waals surface area (Å²) in [5, 5.41) is 9.78. The minimum absolute atomic E-state index is 0.0440. The van der Waals surface area contributed by atoms with Gasteiger partial charge < -0.3 is 5.11 Å². The Morgan fingerprint density at radius 1 is 1.08 bits per heavy atom. The highest BCUT2D eigenvalue weighted by Gasteiger charge is 2.36. The second-order valence-corrected chi connectivity index (χ2v) is 4.97. The average Bonchev–Trinajstić information content (AvgIpc) is 2.60. The lowest BCUT2D eigenvalue weighted by Crippen LogP contribution is -2.38. The molecule has 1 N–H and O–H groups in total. The molecular formula is C11H21NO. The van der Waals surface area contributed by atoms with Crippen LogP contribution in [0, 0.1) is 11.8 Å². The zero-order valence-electron chi connectivity index (χ0n) is 8.74. The summed E-state index contributed by atoms with van der Waals surface area (Å²) in [5.41, 5.74) is 0. The lowest BCUT2D eigenvalue weighted by atomic mass is 10.0. The van der Waals surface area contributed by atoms with E-state index in [2.05, 4.69) is 18.7 Å². The van der Waals surface area contributed by atoms with Gasteiger partial charge in [0.1, 0.15) is 0 Å². The van der Waals surface area contributed by atoms with Crippen LogP contribution in [0.1, 0.15) is 33.1 Å². The molecule has 0 aromatic carbocycles. The van der Waals surface area contributed by atoms with Crippen molar-refractivity contribution >= 4 is 0 Å². The third-order valence-electron chi connectivity index (χ3n) is 3.93. The highest BCUT2D eigenvalue weighted by atomic mass is 16.3. The van der Waals surface area contributed by atoms with E-state index in [9.17, 15) is 5.11 Å². The van der Waals surface area contributed by atoms with Crippen LogP contribution in [-0.4, -0.2) is 35.2 Å². The molecule has 2 nitrogen and oxygen atoms in total. The van der Waals surface area contributed by atoms with Crippen LogP contribution in [0.25, 0.3) is 0 Å². The van der Waals surface area contributed by atoms with Crippen LogP contribution in [0.5, 0.6) is 0 Å². The van der Waals surface area contributed by atoms with Gasteiger partial charge in [-0.05, 0) is 31.1 Å². The first-order valence-electron chi connectivity index (χ1n) is 5.60. The van der Waals surface area contributed by atoms with Crippen molar-refractivity contribution in [3.8, 4) is 0 Å². The SMILES string of the molecule is CC1CN([C@H]2CCC[C@@H]2O)CC1C. The van der Waals surface area contributed by atoms with Crippen molar-refractivity contribution in [2.45, 2.75) is 45.3 Å². The number of aliphatic hydroxyl groups is 1. The summed E-state index contributed by atoms with van der Waals surface area (Å²) in [6.45, 7) is 7.05. The number of hydrogen-bond donors (Lipinski definition) is 1. The molecule has 1 saturated carbocycles. The van der Waals surface area contributed by atoms with Crippen molar-refractivity contribution in [1.82, 2.24) is 4.90 Å². The van der Waals surface area contributed by atoms with Gasteiger partial charge in [0, 0.05) is 19.1 Å². The topological polar surface area (TPSA) is 23.5 Å². The van der Waals surface area contributed by atoms with E-state index in [1.807, 2.05) is 0 Å². The van der Waals surface area contributed by atoms with Gasteiger partial charge in [0.2, 0.25) is 0 Å². The minimum Gasteiger partial charge on any atom is -0.391 e. The van der Waals surface area contributed by atoms with Gasteiger partial charge >= 0.3 is 0 Å². The summed E-state index contributed by atoms with van der Waals surface area (Å²) in [4.78, 5) is 2.51. The molecule has 2 unspecified atom stereocenters. The molecule has 0 aromatic heterocycles. The average molecular weight is 183 g/mol. The Kier molecular flexibility index (Phi) is 2.61. The number of rotatable bonds is 1. The molecule has 1 heterocycles. The maximum atomic E-state index is 9.78. The predicted octanol–water partition coefficient (Wildman–Crippen LogP) is 1.49. The van der Waals surface area contributed by atoms with Gasteiger partial charge in [0.05, 0.1) is 6.10 Å². The van der Waals surface area contributed by atoms with Crippen LogP contribution in [0.3, 0.4) is 0 Å². The highest BCUT2D eigenvalue weighted by Crippen LogP contribution is 2.31. The Labute approximate surface area is 80.9 Å². The first-order chi connectivity index (χ1) is 6.18. The standard InChI is InChI=1S/C11H21NO/c1-8-6-12(7-9(8)2)10-4-3-5-11(10)13/h8-11,13H,3-7H2,1-2H3/t8?,9?,10-,11-/m0/s1. The predicted molar refractivity (Wildman–Crippen MR) is 53.5 cm³/mol. The molecule has 13 heavy (non-hydrogen) atoms. The lowest BCUT2D eigenvalue weighted by Gasteiger charge is -2.26. The fraction of sp³-hybridized carbons (Fsp3) is 1.00. The second-order valence-electron chi connectivity index (χ2n) is 4.97. The third kappa shape index (κ3) is 1.75. The molecule has 1 aliphatic heterocycles. The number of aliphatic hydroxyl groups excluding tert-OH is 1. The number of nitrogens with zero attached hydrogens (tertiary/aromatic N) is 1. The van der Waals surface area contributed by atoms with E-state index in [0.29, 0.717) is 6.04 Å². The smallest absolute Gasteiger partial charge is 0.0695 e. The molecule has 0 bridgehead atoms. The quantitative estimate of drug-likeness (QED) is 0.665. The molecule has 2 fully saturated rings. The fourth-order valence-corrected chi connectivity index (χ4v) is 2.79. The summed E-state index contributed by atoms with van der Waals surface area (Å²) in [6.07, 6.45) is 3.40. The summed E-state index contributed by atoms with van der Waals surface area (Å²) < 4.78 is 0. The van der Waals surface area contributed by atoms with Crippen molar-refractivity contribution in [1.29, 1.82) is 0 Å². The minimum atomic E-state index is -0.0440. The molecule has 4 atom stereocenters. The molecule has 0 radical (unpaired) electrons. The van der Waals surface area contributed by atoms with Gasteiger partial charge in [-0.3, -0.25) is 4.90 Å². The summed E-state index contributed by atoms with van der Waals surface area (Å²) in [6, 6.07) is 0.479. The maximum Gasteiger partial charge on any atom is 0.0695 e. The van der Waals surface area contributed by atoms with Crippen LogP contribution in [0.15, 0.2) is 0 Å². The van der Waals surface area contributed by atoms with Crippen molar-refractivity contribution in [2.24, 2.45) is 11.8 Å². The number of hydrogen-bond acceptors (Lipinski definition) is 2. The zero-order valence-corrected chi connectivity index (χ0v) is 8.74. The van der Waals surface area contributed by atoms with E-state index in [1.165, 1.54) is 25.9 Å². The van der Waals surface area contributed by atoms with E-state index < -0.39 is 0 Å². The van der Waals surface area contributed by atoms with Crippen molar-refractivity contribution in [2.75, 3.05) is 13.1 Å². The van der Waals surface area contributed by atoms with Gasteiger partial charge in [0.15, 0.2) is 0 Å². The summed E-state index contributed by atoms with van der Waals surface area (Å²) >= 11 is 0. The van der Waals surface area contributed by atoms with Gasteiger partial charge in [-0.15, -0.1) is 0 Å². The van der Waals surface area contributed by atoms with E-state index in [1.54, 1.807) is 0 Å². The molecule has 2 rings (SSSR count). The van der Waals surface area contributed by atoms with Gasteiger partial charge in [-0.25, -0.2) is 0 Å². The van der Waals surface area contributed by atoms with E-state index in [-0.39, 0.29) is 6.10 Å². The number of likely N-dealkylation sites (tertiary alicyclic amines) is 1. The molecule has 0 aromatic rings. The van der Waals surface area contributed by atoms with E-state index in [4.69, 9.17) is 0 Å². The molecule has 0 amide bonds. The third-order valence-corrected chi connectivity index (χ3v) is 3.93. The molecule has 2 aliphatic rings. The molecule has 2 heteroatoms. The Bertz CT molecular complexity index is 173. The van der Waals surface area contributed by atoms with E-state index in [0.717, 1.165) is 18.3 Å². The van der Waals surface area contributed by atoms with Crippen LogP contribution in [0.4, 0.5) is 0 Å².